The van der Waals surface area contributed by atoms with E-state index >= 15 is 0 Å². The molecule has 2 heteroatoms. The van der Waals surface area contributed by atoms with Crippen molar-refractivity contribution in [2.24, 2.45) is 0 Å². The van der Waals surface area contributed by atoms with Crippen LogP contribution in [0.3, 0.4) is 0 Å². The maximum atomic E-state index is 5.98. The van der Waals surface area contributed by atoms with Crippen LogP contribution in [0.15, 0.2) is 128 Å². The Morgan fingerprint density at radius 3 is 1.39 bits per heavy atom. The van der Waals surface area contributed by atoms with Crippen molar-refractivity contribution in [2.75, 3.05) is 0 Å². The molecule has 0 aliphatic heterocycles. The van der Waals surface area contributed by atoms with Gasteiger partial charge in [-0.15, -0.1) is 0 Å². The Morgan fingerprint density at radius 1 is 0.548 bits per heavy atom. The molecule has 0 saturated heterocycles. The molecule has 0 amide bonds. The van der Waals surface area contributed by atoms with Crippen LogP contribution in [0, 0.1) is 0 Å². The first-order chi connectivity index (χ1) is 15.3. The predicted octanol–water partition coefficient (Wildman–Crippen LogP) is 7.15. The first-order valence-corrected chi connectivity index (χ1v) is 10.9. The molecule has 0 bridgehead atoms. The summed E-state index contributed by atoms with van der Waals surface area (Å²) in [6.45, 7) is 1.62. The van der Waals surface area contributed by atoms with Gasteiger partial charge in [-0.05, 0) is 22.3 Å². The maximum absolute atomic E-state index is 5.98. The molecule has 0 atom stereocenters. The van der Waals surface area contributed by atoms with Gasteiger partial charge in [0.05, 0.1) is 4.86 Å². The molecule has 0 unspecified atom stereocenters. The van der Waals surface area contributed by atoms with Gasteiger partial charge in [0.2, 0.25) is 0 Å². The van der Waals surface area contributed by atoms with Crippen LogP contribution >= 0.6 is 12.2 Å². The molecular formula is C29H25NS. The Kier molecular flexibility index (Phi) is 7.04. The first-order valence-electron chi connectivity index (χ1n) is 10.5. The Balaban J connectivity index is 1.74. The van der Waals surface area contributed by atoms with E-state index in [-0.39, 0.29) is 0 Å². The fourth-order valence-corrected chi connectivity index (χ4v) is 3.90. The summed E-state index contributed by atoms with van der Waals surface area (Å²) in [6.07, 6.45) is 2.23. The SMILES string of the molecule is S=C(C(=CN(Cc1ccccc1)Cc1ccccc1)c1ccccc1)c1ccccc1. The van der Waals surface area contributed by atoms with Gasteiger partial charge in [0, 0.05) is 24.9 Å². The van der Waals surface area contributed by atoms with E-state index in [1.54, 1.807) is 0 Å². The summed E-state index contributed by atoms with van der Waals surface area (Å²) in [4.78, 5) is 3.21. The minimum Gasteiger partial charge on any atom is -0.368 e. The molecule has 1 nitrogen and oxygen atoms in total. The standard InChI is InChI=1S/C29H25NS/c31-29(27-19-11-4-12-20-27)28(26-17-9-3-10-18-26)23-30(21-24-13-5-1-6-14-24)22-25-15-7-2-8-16-25/h1-20,23H,21-22H2. The van der Waals surface area contributed by atoms with Gasteiger partial charge in [-0.3, -0.25) is 0 Å². The average Bonchev–Trinajstić information content (AvgIpc) is 2.84. The van der Waals surface area contributed by atoms with E-state index in [2.05, 4.69) is 108 Å². The highest BCUT2D eigenvalue weighted by Gasteiger charge is 2.13. The molecule has 152 valence electrons. The summed E-state index contributed by atoms with van der Waals surface area (Å²) >= 11 is 5.98. The lowest BCUT2D eigenvalue weighted by molar-refractivity contribution is 0.363. The smallest absolute Gasteiger partial charge is 0.0542 e. The Hall–Kier alpha value is -3.49. The van der Waals surface area contributed by atoms with E-state index in [1.807, 2.05) is 24.3 Å². The van der Waals surface area contributed by atoms with E-state index in [9.17, 15) is 0 Å². The van der Waals surface area contributed by atoms with Crippen LogP contribution in [0.25, 0.3) is 5.57 Å². The predicted molar refractivity (Wildman–Crippen MR) is 135 cm³/mol. The molecule has 0 spiro atoms. The molecule has 4 rings (SSSR count). The number of allylic oxidation sites excluding steroid dienone is 1. The van der Waals surface area contributed by atoms with Crippen LogP contribution in [-0.2, 0) is 13.1 Å². The Bertz CT molecular complexity index is 1080. The molecule has 0 aromatic heterocycles. The van der Waals surface area contributed by atoms with Gasteiger partial charge in [-0.2, -0.15) is 0 Å². The second kappa shape index (κ2) is 10.5. The van der Waals surface area contributed by atoms with Crippen LogP contribution in [0.1, 0.15) is 22.3 Å². The van der Waals surface area contributed by atoms with Crippen molar-refractivity contribution in [3.05, 3.63) is 150 Å². The van der Waals surface area contributed by atoms with Gasteiger partial charge in [-0.25, -0.2) is 0 Å². The lowest BCUT2D eigenvalue weighted by atomic mass is 9.98. The zero-order chi connectivity index (χ0) is 21.3. The van der Waals surface area contributed by atoms with Gasteiger partial charge < -0.3 is 4.90 Å². The fraction of sp³-hybridized carbons (Fsp3) is 0.0690. The molecule has 0 heterocycles. The number of nitrogens with zero attached hydrogens (tertiary/aromatic N) is 1. The molecule has 31 heavy (non-hydrogen) atoms. The zero-order valence-electron chi connectivity index (χ0n) is 17.4. The number of thiocarbonyl (C=S) groups is 1. The normalized spacial score (nSPS) is 11.2. The fourth-order valence-electron chi connectivity index (χ4n) is 3.59. The third-order valence-electron chi connectivity index (χ3n) is 5.13. The largest absolute Gasteiger partial charge is 0.368 e. The van der Waals surface area contributed by atoms with Crippen LogP contribution in [0.2, 0.25) is 0 Å². The second-order valence-corrected chi connectivity index (χ2v) is 7.89. The van der Waals surface area contributed by atoms with E-state index < -0.39 is 0 Å². The van der Waals surface area contributed by atoms with Crippen LogP contribution < -0.4 is 0 Å². The number of benzene rings is 4. The summed E-state index contributed by atoms with van der Waals surface area (Å²) < 4.78 is 0. The molecule has 0 N–H and O–H groups in total. The lowest BCUT2D eigenvalue weighted by Gasteiger charge is -2.23. The van der Waals surface area contributed by atoms with Crippen molar-refractivity contribution in [3.8, 4) is 0 Å². The van der Waals surface area contributed by atoms with Crippen LogP contribution in [0.4, 0.5) is 0 Å². The third kappa shape index (κ3) is 5.78. The highest BCUT2D eigenvalue weighted by molar-refractivity contribution is 7.81. The first kappa shape index (κ1) is 20.8. The average molecular weight is 420 g/mol. The van der Waals surface area contributed by atoms with Gasteiger partial charge in [-0.1, -0.05) is 134 Å². The monoisotopic (exact) mass is 419 g/mol. The topological polar surface area (TPSA) is 3.24 Å². The zero-order valence-corrected chi connectivity index (χ0v) is 18.2. The summed E-state index contributed by atoms with van der Waals surface area (Å²) in [5.41, 5.74) is 5.79. The maximum Gasteiger partial charge on any atom is 0.0542 e. The van der Waals surface area contributed by atoms with E-state index in [0.717, 1.165) is 34.7 Å². The molecular weight excluding hydrogens is 394 g/mol. The summed E-state index contributed by atoms with van der Waals surface area (Å²) in [6, 6.07) is 41.8. The quantitative estimate of drug-likeness (QED) is 0.169. The summed E-state index contributed by atoms with van der Waals surface area (Å²) in [7, 11) is 0. The Morgan fingerprint density at radius 2 is 0.935 bits per heavy atom. The molecule has 0 radical (unpaired) electrons. The lowest BCUT2D eigenvalue weighted by Crippen LogP contribution is -2.18. The summed E-state index contributed by atoms with van der Waals surface area (Å²) in [5, 5.41) is 0. The molecule has 4 aromatic carbocycles. The van der Waals surface area contributed by atoms with Gasteiger partial charge in [0.25, 0.3) is 0 Å². The van der Waals surface area contributed by atoms with Crippen LogP contribution in [0.5, 0.6) is 0 Å². The number of hydrogen-bond donors (Lipinski definition) is 0. The van der Waals surface area contributed by atoms with Crippen LogP contribution in [-0.4, -0.2) is 9.76 Å². The van der Waals surface area contributed by atoms with Crippen molar-refractivity contribution in [1.29, 1.82) is 0 Å². The molecule has 4 aromatic rings. The Labute approximate surface area is 190 Å². The minimum atomic E-state index is 0.809. The third-order valence-corrected chi connectivity index (χ3v) is 5.59. The van der Waals surface area contributed by atoms with Gasteiger partial charge >= 0.3 is 0 Å². The van der Waals surface area contributed by atoms with Crippen molar-refractivity contribution < 1.29 is 0 Å². The second-order valence-electron chi connectivity index (χ2n) is 7.48. The molecule has 0 fully saturated rings. The van der Waals surface area contributed by atoms with Crippen molar-refractivity contribution in [2.45, 2.75) is 13.1 Å². The summed E-state index contributed by atoms with van der Waals surface area (Å²) in [5.74, 6) is 0. The molecule has 0 aliphatic rings. The highest BCUT2D eigenvalue weighted by Crippen LogP contribution is 2.23. The molecule has 0 aliphatic carbocycles. The van der Waals surface area contributed by atoms with Crippen molar-refractivity contribution in [1.82, 2.24) is 4.90 Å². The van der Waals surface area contributed by atoms with E-state index in [1.165, 1.54) is 11.1 Å². The number of hydrogen-bond acceptors (Lipinski definition) is 2. The minimum absolute atomic E-state index is 0.809. The van der Waals surface area contributed by atoms with Gasteiger partial charge in [0.1, 0.15) is 0 Å². The van der Waals surface area contributed by atoms with Crippen molar-refractivity contribution >= 4 is 22.7 Å². The van der Waals surface area contributed by atoms with E-state index in [4.69, 9.17) is 12.2 Å². The molecule has 0 saturated carbocycles. The highest BCUT2D eigenvalue weighted by atomic mass is 32.1. The van der Waals surface area contributed by atoms with E-state index in [0.29, 0.717) is 0 Å². The van der Waals surface area contributed by atoms with Crippen molar-refractivity contribution in [3.63, 3.8) is 0 Å². The number of rotatable bonds is 8. The van der Waals surface area contributed by atoms with Gasteiger partial charge in [0.15, 0.2) is 0 Å².